The Labute approximate surface area is 125 Å². The second-order valence-electron chi connectivity index (χ2n) is 5.49. The summed E-state index contributed by atoms with van der Waals surface area (Å²) in [7, 11) is 0. The van der Waals surface area contributed by atoms with Gasteiger partial charge in [-0.1, -0.05) is 39.0 Å². The maximum absolute atomic E-state index is 11.4. The predicted molar refractivity (Wildman–Crippen MR) is 77.2 cm³/mol. The second-order valence-corrected chi connectivity index (χ2v) is 5.49. The summed E-state index contributed by atoms with van der Waals surface area (Å²) in [6.07, 6.45) is -0.121. The van der Waals surface area contributed by atoms with Crippen molar-refractivity contribution < 1.29 is 30.3 Å². The Balaban J connectivity index is 4.51. The molecule has 7 N–H and O–H groups in total. The zero-order valence-electron chi connectivity index (χ0n) is 12.6. The van der Waals surface area contributed by atoms with E-state index in [2.05, 4.69) is 6.92 Å². The number of hydrogen-bond acceptors (Lipinski definition) is 6. The maximum Gasteiger partial charge on any atom is 0.252 e. The molecule has 0 bridgehead atoms. The monoisotopic (exact) mass is 307 g/mol. The van der Waals surface area contributed by atoms with Crippen LogP contribution in [0.25, 0.3) is 0 Å². The van der Waals surface area contributed by atoms with Gasteiger partial charge in [0.05, 0.1) is 6.61 Å². The van der Waals surface area contributed by atoms with Crippen LogP contribution in [0.1, 0.15) is 51.9 Å². The number of rotatable bonds is 12. The molecule has 0 aliphatic carbocycles. The molecule has 7 heteroatoms. The second kappa shape index (κ2) is 10.1. The SMILES string of the molecule is CCCCCCCC[C@](O)(C(N)=O)[C@@H](O)[C@H](O)[C@H](O)CO. The maximum atomic E-state index is 11.4. The Morgan fingerprint density at radius 1 is 1.10 bits per heavy atom. The van der Waals surface area contributed by atoms with Gasteiger partial charge in [-0.25, -0.2) is 0 Å². The molecule has 0 aliphatic rings. The van der Waals surface area contributed by atoms with E-state index in [4.69, 9.17) is 10.8 Å². The third kappa shape index (κ3) is 6.27. The molecular formula is C14H29NO6. The molecule has 0 aromatic heterocycles. The van der Waals surface area contributed by atoms with E-state index in [0.29, 0.717) is 6.42 Å². The summed E-state index contributed by atoms with van der Waals surface area (Å²) < 4.78 is 0. The van der Waals surface area contributed by atoms with Crippen LogP contribution in [0.5, 0.6) is 0 Å². The molecule has 0 rings (SSSR count). The Kier molecular flexibility index (Phi) is 9.72. The highest BCUT2D eigenvalue weighted by Crippen LogP contribution is 2.23. The molecular weight excluding hydrogens is 278 g/mol. The molecule has 126 valence electrons. The van der Waals surface area contributed by atoms with Crippen molar-refractivity contribution in [3.05, 3.63) is 0 Å². The number of nitrogens with two attached hydrogens (primary N) is 1. The molecule has 0 aromatic carbocycles. The number of aliphatic hydroxyl groups excluding tert-OH is 4. The number of unbranched alkanes of at least 4 members (excludes halogenated alkanes) is 5. The van der Waals surface area contributed by atoms with Crippen molar-refractivity contribution in [1.82, 2.24) is 0 Å². The van der Waals surface area contributed by atoms with Gasteiger partial charge in [-0.3, -0.25) is 4.79 Å². The van der Waals surface area contributed by atoms with E-state index in [9.17, 15) is 25.2 Å². The third-order valence-electron chi connectivity index (χ3n) is 3.73. The van der Waals surface area contributed by atoms with Crippen molar-refractivity contribution in [3.8, 4) is 0 Å². The van der Waals surface area contributed by atoms with Crippen LogP contribution >= 0.6 is 0 Å². The van der Waals surface area contributed by atoms with Crippen molar-refractivity contribution in [2.24, 2.45) is 5.73 Å². The standard InChI is InChI=1S/C14H29NO6/c1-2-3-4-5-6-7-8-14(21,13(15)20)12(19)11(18)10(17)9-16/h10-12,16-19,21H,2-9H2,1H3,(H2,15,20)/t10-,11-,12+,14-/m1/s1. The van der Waals surface area contributed by atoms with Gasteiger partial charge in [0, 0.05) is 0 Å². The molecule has 0 saturated carbocycles. The van der Waals surface area contributed by atoms with Gasteiger partial charge in [0.25, 0.3) is 5.91 Å². The van der Waals surface area contributed by atoms with Gasteiger partial charge >= 0.3 is 0 Å². The quantitative estimate of drug-likeness (QED) is 0.256. The van der Waals surface area contributed by atoms with E-state index < -0.39 is 36.4 Å². The molecule has 0 radical (unpaired) electrons. The van der Waals surface area contributed by atoms with Crippen molar-refractivity contribution in [2.75, 3.05) is 6.61 Å². The first-order valence-corrected chi connectivity index (χ1v) is 7.48. The molecule has 21 heavy (non-hydrogen) atoms. The number of carbonyl (C=O) groups excluding carboxylic acids is 1. The summed E-state index contributed by atoms with van der Waals surface area (Å²) >= 11 is 0. The predicted octanol–water partition coefficient (Wildman–Crippen LogP) is -0.972. The van der Waals surface area contributed by atoms with Crippen molar-refractivity contribution in [1.29, 1.82) is 0 Å². The van der Waals surface area contributed by atoms with E-state index in [0.717, 1.165) is 32.1 Å². The average molecular weight is 307 g/mol. The highest BCUT2D eigenvalue weighted by Gasteiger charge is 2.46. The molecule has 7 nitrogen and oxygen atoms in total. The molecule has 0 saturated heterocycles. The fraction of sp³-hybridized carbons (Fsp3) is 0.929. The molecule has 0 spiro atoms. The Bertz CT molecular complexity index is 301. The van der Waals surface area contributed by atoms with Crippen LogP contribution in [0, 0.1) is 0 Å². The van der Waals surface area contributed by atoms with Gasteiger partial charge in [-0.2, -0.15) is 0 Å². The Hall–Kier alpha value is -0.730. The Morgan fingerprint density at radius 2 is 1.62 bits per heavy atom. The molecule has 0 unspecified atom stereocenters. The lowest BCUT2D eigenvalue weighted by molar-refractivity contribution is -0.175. The van der Waals surface area contributed by atoms with Crippen LogP contribution in [0.3, 0.4) is 0 Å². The normalized spacial score (nSPS) is 18.8. The molecule has 0 fully saturated rings. The molecule has 4 atom stereocenters. The third-order valence-corrected chi connectivity index (χ3v) is 3.73. The van der Waals surface area contributed by atoms with Crippen LogP contribution in [-0.2, 0) is 4.79 Å². The van der Waals surface area contributed by atoms with Gasteiger partial charge in [0.2, 0.25) is 0 Å². The summed E-state index contributed by atoms with van der Waals surface area (Å²) in [5.74, 6) is -1.16. The fourth-order valence-electron chi connectivity index (χ4n) is 2.19. The summed E-state index contributed by atoms with van der Waals surface area (Å²) in [5, 5.41) is 47.7. The van der Waals surface area contributed by atoms with E-state index in [-0.39, 0.29) is 6.42 Å². The van der Waals surface area contributed by atoms with E-state index in [1.165, 1.54) is 0 Å². The van der Waals surface area contributed by atoms with E-state index in [1.807, 2.05) is 0 Å². The van der Waals surface area contributed by atoms with Crippen LogP contribution in [0.15, 0.2) is 0 Å². The minimum Gasteiger partial charge on any atom is -0.394 e. The van der Waals surface area contributed by atoms with Crippen molar-refractivity contribution >= 4 is 5.91 Å². The first-order valence-electron chi connectivity index (χ1n) is 7.48. The molecule has 1 amide bonds. The number of carbonyl (C=O) groups is 1. The number of primary amides is 1. The number of hydrogen-bond donors (Lipinski definition) is 6. The van der Waals surface area contributed by atoms with Gasteiger partial charge in [-0.15, -0.1) is 0 Å². The number of amides is 1. The van der Waals surface area contributed by atoms with Crippen LogP contribution in [0.2, 0.25) is 0 Å². The number of aliphatic hydroxyl groups is 5. The first-order chi connectivity index (χ1) is 9.81. The lowest BCUT2D eigenvalue weighted by Gasteiger charge is -2.34. The van der Waals surface area contributed by atoms with Crippen molar-refractivity contribution in [2.45, 2.75) is 75.8 Å². The molecule has 0 aromatic rings. The Morgan fingerprint density at radius 3 is 2.10 bits per heavy atom. The van der Waals surface area contributed by atoms with E-state index >= 15 is 0 Å². The highest BCUT2D eigenvalue weighted by atomic mass is 16.4. The van der Waals surface area contributed by atoms with Gasteiger partial charge in [0.1, 0.15) is 18.3 Å². The van der Waals surface area contributed by atoms with Crippen LogP contribution < -0.4 is 5.73 Å². The molecule has 0 heterocycles. The first kappa shape index (κ1) is 20.3. The minimum atomic E-state index is -2.32. The summed E-state index contributed by atoms with van der Waals surface area (Å²) in [4.78, 5) is 11.4. The lowest BCUT2D eigenvalue weighted by Crippen LogP contribution is -2.60. The van der Waals surface area contributed by atoms with Gasteiger partial charge in [-0.05, 0) is 12.8 Å². The zero-order chi connectivity index (χ0) is 16.5. The fourth-order valence-corrected chi connectivity index (χ4v) is 2.19. The topological polar surface area (TPSA) is 144 Å². The summed E-state index contributed by atoms with van der Waals surface area (Å²) in [6.45, 7) is 1.29. The van der Waals surface area contributed by atoms with Crippen LogP contribution in [0.4, 0.5) is 0 Å². The smallest absolute Gasteiger partial charge is 0.252 e. The molecule has 0 aliphatic heterocycles. The van der Waals surface area contributed by atoms with Gasteiger partial charge in [0.15, 0.2) is 5.60 Å². The van der Waals surface area contributed by atoms with E-state index in [1.54, 1.807) is 0 Å². The van der Waals surface area contributed by atoms with Crippen LogP contribution in [-0.4, -0.2) is 62.0 Å². The van der Waals surface area contributed by atoms with Gasteiger partial charge < -0.3 is 31.3 Å². The highest BCUT2D eigenvalue weighted by molar-refractivity contribution is 5.84. The van der Waals surface area contributed by atoms with Crippen molar-refractivity contribution in [3.63, 3.8) is 0 Å². The largest absolute Gasteiger partial charge is 0.394 e. The average Bonchev–Trinajstić information content (AvgIpc) is 2.47. The minimum absolute atomic E-state index is 0.106. The zero-order valence-corrected chi connectivity index (χ0v) is 12.6. The summed E-state index contributed by atoms with van der Waals surface area (Å²) in [5.41, 5.74) is 2.79. The lowest BCUT2D eigenvalue weighted by atomic mass is 9.85. The summed E-state index contributed by atoms with van der Waals surface area (Å²) in [6, 6.07) is 0.